The number of fused-ring (bicyclic) bond motifs is 2. The highest BCUT2D eigenvalue weighted by molar-refractivity contribution is 5.69. The van der Waals surface area contributed by atoms with E-state index in [0.717, 1.165) is 30.6 Å². The summed E-state index contributed by atoms with van der Waals surface area (Å²) in [5, 5.41) is 8.79. The maximum Gasteiger partial charge on any atom is 0.306 e. The van der Waals surface area contributed by atoms with Crippen molar-refractivity contribution in [3.05, 3.63) is 0 Å². The van der Waals surface area contributed by atoms with Crippen molar-refractivity contribution in [2.24, 2.45) is 23.7 Å². The molecular weight excluding hydrogens is 176 g/mol. The minimum absolute atomic E-state index is 0.144. The predicted molar refractivity (Wildman–Crippen MR) is 55.0 cm³/mol. The van der Waals surface area contributed by atoms with E-state index in [9.17, 15) is 4.79 Å². The molecule has 0 heterocycles. The Labute approximate surface area is 85.7 Å². The van der Waals surface area contributed by atoms with Crippen LogP contribution in [0, 0.1) is 23.7 Å². The standard InChI is InChI=1S/C12H20O2/c1-8(12(13)14)2-4-10-6-9-3-5-11(10)7-9/h8-11H,2-7H2,1H3,(H,13,14)/t8-,9?,10?,11?/m1/s1. The maximum atomic E-state index is 10.7. The molecule has 2 saturated carbocycles. The minimum atomic E-state index is -0.631. The van der Waals surface area contributed by atoms with E-state index in [1.54, 1.807) is 0 Å². The van der Waals surface area contributed by atoms with Gasteiger partial charge in [0, 0.05) is 0 Å². The summed E-state index contributed by atoms with van der Waals surface area (Å²) in [6.07, 6.45) is 7.70. The molecule has 2 fully saturated rings. The van der Waals surface area contributed by atoms with E-state index in [2.05, 4.69) is 0 Å². The molecule has 0 aromatic heterocycles. The van der Waals surface area contributed by atoms with Crippen LogP contribution in [0.1, 0.15) is 45.4 Å². The van der Waals surface area contributed by atoms with E-state index < -0.39 is 5.97 Å². The largest absolute Gasteiger partial charge is 0.481 e. The van der Waals surface area contributed by atoms with Crippen molar-refractivity contribution in [1.82, 2.24) is 0 Å². The first-order valence-electron chi connectivity index (χ1n) is 5.89. The van der Waals surface area contributed by atoms with E-state index in [0.29, 0.717) is 0 Å². The Kier molecular flexibility index (Phi) is 2.80. The maximum absolute atomic E-state index is 10.7. The number of hydrogen-bond donors (Lipinski definition) is 1. The number of carbonyl (C=O) groups is 1. The third-order valence-corrected chi connectivity index (χ3v) is 4.28. The Balaban J connectivity index is 1.74. The van der Waals surface area contributed by atoms with Crippen LogP contribution < -0.4 is 0 Å². The Bertz CT molecular complexity index is 224. The molecular formula is C12H20O2. The van der Waals surface area contributed by atoms with Crippen LogP contribution in [0.25, 0.3) is 0 Å². The lowest BCUT2D eigenvalue weighted by atomic mass is 9.84. The van der Waals surface area contributed by atoms with Gasteiger partial charge in [0.2, 0.25) is 0 Å². The van der Waals surface area contributed by atoms with Gasteiger partial charge >= 0.3 is 5.97 Å². The van der Waals surface area contributed by atoms with Crippen LogP contribution in [0.2, 0.25) is 0 Å². The van der Waals surface area contributed by atoms with Crippen molar-refractivity contribution >= 4 is 5.97 Å². The van der Waals surface area contributed by atoms with Crippen LogP contribution in [0.5, 0.6) is 0 Å². The Morgan fingerprint density at radius 1 is 1.43 bits per heavy atom. The number of carboxylic acid groups (broad SMARTS) is 1. The van der Waals surface area contributed by atoms with Gasteiger partial charge in [0.15, 0.2) is 0 Å². The van der Waals surface area contributed by atoms with Crippen LogP contribution in [0.3, 0.4) is 0 Å². The molecule has 0 spiro atoms. The van der Waals surface area contributed by atoms with Crippen molar-refractivity contribution in [3.8, 4) is 0 Å². The molecule has 2 aliphatic rings. The zero-order valence-electron chi connectivity index (χ0n) is 8.91. The summed E-state index contributed by atoms with van der Waals surface area (Å²) in [4.78, 5) is 10.7. The van der Waals surface area contributed by atoms with E-state index in [-0.39, 0.29) is 5.92 Å². The lowest BCUT2D eigenvalue weighted by Gasteiger charge is -2.22. The molecule has 2 rings (SSSR count). The Hall–Kier alpha value is -0.530. The summed E-state index contributed by atoms with van der Waals surface area (Å²) in [6.45, 7) is 1.83. The highest BCUT2D eigenvalue weighted by Gasteiger charge is 2.39. The fourth-order valence-electron chi connectivity index (χ4n) is 3.32. The Morgan fingerprint density at radius 2 is 2.21 bits per heavy atom. The van der Waals surface area contributed by atoms with Gasteiger partial charge in [-0.15, -0.1) is 0 Å². The van der Waals surface area contributed by atoms with Gasteiger partial charge in [0.25, 0.3) is 0 Å². The molecule has 2 heteroatoms. The van der Waals surface area contributed by atoms with Gasteiger partial charge in [0.05, 0.1) is 5.92 Å². The monoisotopic (exact) mass is 196 g/mol. The molecule has 14 heavy (non-hydrogen) atoms. The van der Waals surface area contributed by atoms with Crippen LogP contribution in [0.4, 0.5) is 0 Å². The molecule has 0 aliphatic heterocycles. The van der Waals surface area contributed by atoms with Crippen LogP contribution >= 0.6 is 0 Å². The summed E-state index contributed by atoms with van der Waals surface area (Å²) in [5.74, 6) is 2.02. The summed E-state index contributed by atoms with van der Waals surface area (Å²) in [6, 6.07) is 0. The molecule has 2 nitrogen and oxygen atoms in total. The zero-order chi connectivity index (χ0) is 10.1. The molecule has 3 unspecified atom stereocenters. The molecule has 2 bridgehead atoms. The highest BCUT2D eigenvalue weighted by Crippen LogP contribution is 2.50. The van der Waals surface area contributed by atoms with Gasteiger partial charge in [0.1, 0.15) is 0 Å². The molecule has 0 amide bonds. The number of hydrogen-bond acceptors (Lipinski definition) is 1. The second kappa shape index (κ2) is 3.92. The molecule has 0 radical (unpaired) electrons. The summed E-state index contributed by atoms with van der Waals surface area (Å²) in [7, 11) is 0. The van der Waals surface area contributed by atoms with Gasteiger partial charge < -0.3 is 5.11 Å². The van der Waals surface area contributed by atoms with Crippen LogP contribution in [-0.4, -0.2) is 11.1 Å². The molecule has 0 saturated heterocycles. The smallest absolute Gasteiger partial charge is 0.306 e. The lowest BCUT2D eigenvalue weighted by molar-refractivity contribution is -0.141. The second-order valence-electron chi connectivity index (χ2n) is 5.25. The van der Waals surface area contributed by atoms with Gasteiger partial charge in [-0.3, -0.25) is 4.79 Å². The van der Waals surface area contributed by atoms with Crippen molar-refractivity contribution in [1.29, 1.82) is 0 Å². The quantitative estimate of drug-likeness (QED) is 0.750. The second-order valence-corrected chi connectivity index (χ2v) is 5.25. The van der Waals surface area contributed by atoms with E-state index in [1.807, 2.05) is 6.92 Å². The first-order valence-corrected chi connectivity index (χ1v) is 5.89. The van der Waals surface area contributed by atoms with E-state index >= 15 is 0 Å². The average molecular weight is 196 g/mol. The molecule has 1 N–H and O–H groups in total. The average Bonchev–Trinajstić information content (AvgIpc) is 2.74. The third kappa shape index (κ3) is 1.94. The lowest BCUT2D eigenvalue weighted by Crippen LogP contribution is -2.15. The summed E-state index contributed by atoms with van der Waals surface area (Å²) < 4.78 is 0. The molecule has 80 valence electrons. The number of aliphatic carboxylic acids is 1. The summed E-state index contributed by atoms with van der Waals surface area (Å²) in [5.41, 5.74) is 0. The normalized spacial score (nSPS) is 37.4. The van der Waals surface area contributed by atoms with Crippen molar-refractivity contribution in [2.75, 3.05) is 0 Å². The molecule has 0 aromatic carbocycles. The fourth-order valence-corrected chi connectivity index (χ4v) is 3.32. The van der Waals surface area contributed by atoms with Gasteiger partial charge in [-0.1, -0.05) is 13.3 Å². The fraction of sp³-hybridized carbons (Fsp3) is 0.917. The third-order valence-electron chi connectivity index (χ3n) is 4.28. The van der Waals surface area contributed by atoms with Crippen molar-refractivity contribution in [3.63, 3.8) is 0 Å². The van der Waals surface area contributed by atoms with E-state index in [4.69, 9.17) is 5.11 Å². The minimum Gasteiger partial charge on any atom is -0.481 e. The van der Waals surface area contributed by atoms with Crippen molar-refractivity contribution in [2.45, 2.75) is 45.4 Å². The summed E-state index contributed by atoms with van der Waals surface area (Å²) >= 11 is 0. The molecule has 0 aromatic rings. The van der Waals surface area contributed by atoms with E-state index in [1.165, 1.54) is 25.7 Å². The van der Waals surface area contributed by atoms with Crippen LogP contribution in [0.15, 0.2) is 0 Å². The number of carboxylic acids is 1. The predicted octanol–water partition coefficient (Wildman–Crippen LogP) is 2.92. The van der Waals surface area contributed by atoms with Crippen LogP contribution in [-0.2, 0) is 4.79 Å². The number of rotatable bonds is 4. The SMILES string of the molecule is C[C@H](CCC1CC2CCC1C2)C(=O)O. The molecule has 4 atom stereocenters. The Morgan fingerprint density at radius 3 is 2.71 bits per heavy atom. The van der Waals surface area contributed by atoms with Crippen molar-refractivity contribution < 1.29 is 9.90 Å². The first-order chi connectivity index (χ1) is 6.66. The van der Waals surface area contributed by atoms with Gasteiger partial charge in [-0.25, -0.2) is 0 Å². The first kappa shape index (κ1) is 10.0. The van der Waals surface area contributed by atoms with Gasteiger partial charge in [-0.05, 0) is 49.9 Å². The van der Waals surface area contributed by atoms with Gasteiger partial charge in [-0.2, -0.15) is 0 Å². The zero-order valence-corrected chi connectivity index (χ0v) is 8.91. The highest BCUT2D eigenvalue weighted by atomic mass is 16.4. The molecule has 2 aliphatic carbocycles. The topological polar surface area (TPSA) is 37.3 Å².